The van der Waals surface area contributed by atoms with Gasteiger partial charge in [0.05, 0.1) is 0 Å². The number of ether oxygens (including phenoxy) is 1. The summed E-state index contributed by atoms with van der Waals surface area (Å²) in [4.78, 5) is 8.59. The number of aromatic nitrogens is 2. The predicted octanol–water partition coefficient (Wildman–Crippen LogP) is 4.05. The molecule has 18 heavy (non-hydrogen) atoms. The lowest BCUT2D eigenvalue weighted by Gasteiger charge is -2.07. The fourth-order valence-electron chi connectivity index (χ4n) is 1.63. The van der Waals surface area contributed by atoms with Crippen LogP contribution in [0.15, 0.2) is 34.9 Å². The zero-order valence-electron chi connectivity index (χ0n) is 9.44. The fraction of sp³-hybridized carbons (Fsp3) is 0.231. The normalized spacial score (nSPS) is 14.6. The van der Waals surface area contributed by atoms with Crippen molar-refractivity contribution in [1.82, 2.24) is 9.97 Å². The highest BCUT2D eigenvalue weighted by Gasteiger charge is 2.27. The van der Waals surface area contributed by atoms with Crippen molar-refractivity contribution in [1.29, 1.82) is 0 Å². The van der Waals surface area contributed by atoms with E-state index in [1.54, 1.807) is 24.3 Å². The molecule has 0 saturated heterocycles. The highest BCUT2D eigenvalue weighted by atomic mass is 79.9. The molecule has 0 amide bonds. The van der Waals surface area contributed by atoms with Crippen molar-refractivity contribution in [2.45, 2.75) is 18.8 Å². The molecule has 0 N–H and O–H groups in total. The number of rotatable bonds is 3. The van der Waals surface area contributed by atoms with Crippen molar-refractivity contribution < 1.29 is 9.13 Å². The van der Waals surface area contributed by atoms with Gasteiger partial charge < -0.3 is 4.74 Å². The average Bonchev–Trinajstić information content (AvgIpc) is 3.15. The molecule has 1 fully saturated rings. The van der Waals surface area contributed by atoms with Gasteiger partial charge in [0.25, 0.3) is 0 Å². The molecule has 3 nitrogen and oxygen atoms in total. The Bertz CT molecular complexity index is 587. The van der Waals surface area contributed by atoms with Gasteiger partial charge in [-0.05, 0) is 40.9 Å². The third kappa shape index (κ3) is 2.51. The second-order valence-electron chi connectivity index (χ2n) is 4.19. The van der Waals surface area contributed by atoms with Crippen molar-refractivity contribution in [2.75, 3.05) is 0 Å². The topological polar surface area (TPSA) is 35.0 Å². The maximum absolute atomic E-state index is 13.5. The summed E-state index contributed by atoms with van der Waals surface area (Å²) in [6.07, 6.45) is 2.21. The van der Waals surface area contributed by atoms with E-state index in [1.165, 1.54) is 6.07 Å². The maximum Gasteiger partial charge on any atom is 0.223 e. The van der Waals surface area contributed by atoms with Gasteiger partial charge >= 0.3 is 0 Å². The molecule has 0 aliphatic heterocycles. The molecule has 1 aliphatic carbocycles. The smallest absolute Gasteiger partial charge is 0.223 e. The number of para-hydroxylation sites is 1. The molecule has 2 aromatic rings. The van der Waals surface area contributed by atoms with Crippen LogP contribution in [0.25, 0.3) is 0 Å². The quantitative estimate of drug-likeness (QED) is 0.802. The molecule has 0 bridgehead atoms. The number of nitrogens with zero attached hydrogens (tertiary/aromatic N) is 2. The van der Waals surface area contributed by atoms with Gasteiger partial charge in [-0.3, -0.25) is 0 Å². The van der Waals surface area contributed by atoms with Gasteiger partial charge in [0, 0.05) is 12.0 Å². The molecule has 0 spiro atoms. The van der Waals surface area contributed by atoms with E-state index in [-0.39, 0.29) is 5.75 Å². The molecule has 1 aromatic carbocycles. The molecule has 1 aliphatic rings. The lowest BCUT2D eigenvalue weighted by molar-refractivity contribution is 0.424. The second kappa shape index (κ2) is 4.65. The second-order valence-corrected chi connectivity index (χ2v) is 5.01. The van der Waals surface area contributed by atoms with Crippen LogP contribution in [-0.2, 0) is 0 Å². The number of halogens is 2. The van der Waals surface area contributed by atoms with E-state index >= 15 is 0 Å². The van der Waals surface area contributed by atoms with Crippen molar-refractivity contribution in [3.05, 3.63) is 46.6 Å². The summed E-state index contributed by atoms with van der Waals surface area (Å²) in [7, 11) is 0. The first-order chi connectivity index (χ1) is 8.72. The van der Waals surface area contributed by atoms with Crippen LogP contribution >= 0.6 is 15.9 Å². The van der Waals surface area contributed by atoms with E-state index in [1.807, 2.05) is 0 Å². The monoisotopic (exact) mass is 308 g/mol. The van der Waals surface area contributed by atoms with Crippen molar-refractivity contribution >= 4 is 15.9 Å². The van der Waals surface area contributed by atoms with E-state index in [4.69, 9.17) is 4.74 Å². The largest absolute Gasteiger partial charge is 0.436 e. The zero-order valence-corrected chi connectivity index (χ0v) is 11.0. The summed E-state index contributed by atoms with van der Waals surface area (Å²) < 4.78 is 19.6. The van der Waals surface area contributed by atoms with Crippen molar-refractivity contribution in [3.63, 3.8) is 0 Å². The molecule has 92 valence electrons. The van der Waals surface area contributed by atoms with Crippen LogP contribution < -0.4 is 4.74 Å². The van der Waals surface area contributed by atoms with Gasteiger partial charge in [-0.1, -0.05) is 12.1 Å². The lowest BCUT2D eigenvalue weighted by atomic mass is 10.3. The van der Waals surface area contributed by atoms with Gasteiger partial charge in [-0.2, -0.15) is 4.98 Å². The summed E-state index contributed by atoms with van der Waals surface area (Å²) in [5.74, 6) is 1.31. The third-order valence-corrected chi connectivity index (χ3v) is 3.09. The molecular formula is C13H10BrFN2O. The summed E-state index contributed by atoms with van der Waals surface area (Å²) in [6, 6.07) is 7.90. The van der Waals surface area contributed by atoms with Crippen LogP contribution in [0, 0.1) is 5.82 Å². The van der Waals surface area contributed by atoms with Crippen LogP contribution in [0.5, 0.6) is 11.6 Å². The van der Waals surface area contributed by atoms with Crippen LogP contribution in [0.3, 0.4) is 0 Å². The number of benzene rings is 1. The Morgan fingerprint density at radius 1 is 1.22 bits per heavy atom. The summed E-state index contributed by atoms with van der Waals surface area (Å²) in [5.41, 5.74) is 0. The summed E-state index contributed by atoms with van der Waals surface area (Å²) in [5, 5.41) is 0. The highest BCUT2D eigenvalue weighted by molar-refractivity contribution is 9.10. The highest BCUT2D eigenvalue weighted by Crippen LogP contribution is 2.39. The zero-order chi connectivity index (χ0) is 12.5. The van der Waals surface area contributed by atoms with Gasteiger partial charge in [-0.15, -0.1) is 0 Å². The minimum absolute atomic E-state index is 0.171. The van der Waals surface area contributed by atoms with Gasteiger partial charge in [0.2, 0.25) is 5.88 Å². The Hall–Kier alpha value is -1.49. The maximum atomic E-state index is 13.5. The Balaban J connectivity index is 1.90. The van der Waals surface area contributed by atoms with Crippen LogP contribution in [-0.4, -0.2) is 9.97 Å². The van der Waals surface area contributed by atoms with Crippen LogP contribution in [0.1, 0.15) is 24.6 Å². The third-order valence-electron chi connectivity index (χ3n) is 2.68. The van der Waals surface area contributed by atoms with E-state index in [0.29, 0.717) is 16.4 Å². The molecule has 1 aromatic heterocycles. The first kappa shape index (κ1) is 11.6. The Labute approximate surface area is 112 Å². The molecule has 0 unspecified atom stereocenters. The minimum Gasteiger partial charge on any atom is -0.436 e. The van der Waals surface area contributed by atoms with Crippen LogP contribution in [0.2, 0.25) is 0 Å². The van der Waals surface area contributed by atoms with E-state index in [0.717, 1.165) is 18.7 Å². The van der Waals surface area contributed by atoms with Gasteiger partial charge in [0.1, 0.15) is 10.4 Å². The van der Waals surface area contributed by atoms with E-state index in [9.17, 15) is 4.39 Å². The first-order valence-electron chi connectivity index (χ1n) is 5.69. The minimum atomic E-state index is -0.403. The van der Waals surface area contributed by atoms with Crippen LogP contribution in [0.4, 0.5) is 4.39 Å². The number of hydrogen-bond acceptors (Lipinski definition) is 3. The predicted molar refractivity (Wildman–Crippen MR) is 68.2 cm³/mol. The Morgan fingerprint density at radius 3 is 2.72 bits per heavy atom. The van der Waals surface area contributed by atoms with Gasteiger partial charge in [0.15, 0.2) is 11.6 Å². The molecule has 0 radical (unpaired) electrons. The molecule has 1 heterocycles. The Kier molecular flexibility index (Phi) is 2.99. The van der Waals surface area contributed by atoms with E-state index in [2.05, 4.69) is 25.9 Å². The van der Waals surface area contributed by atoms with E-state index < -0.39 is 5.82 Å². The molecule has 3 rings (SSSR count). The Morgan fingerprint density at radius 2 is 2.00 bits per heavy atom. The fourth-order valence-corrected chi connectivity index (χ4v) is 2.01. The lowest BCUT2D eigenvalue weighted by Crippen LogP contribution is -1.97. The first-order valence-corrected chi connectivity index (χ1v) is 6.48. The summed E-state index contributed by atoms with van der Waals surface area (Å²) >= 11 is 3.32. The van der Waals surface area contributed by atoms with Crippen molar-refractivity contribution in [3.8, 4) is 11.6 Å². The molecular weight excluding hydrogens is 299 g/mol. The standard InChI is InChI=1S/C13H10BrFN2O/c14-11-7-12(17-13(16-11)8-5-6-8)18-10-4-2-1-3-9(10)15/h1-4,7-8H,5-6H2. The molecule has 1 saturated carbocycles. The molecule has 0 atom stereocenters. The number of hydrogen-bond donors (Lipinski definition) is 0. The SMILES string of the molecule is Fc1ccccc1Oc1cc(Br)nc(C2CC2)n1. The average molecular weight is 309 g/mol. The van der Waals surface area contributed by atoms with Gasteiger partial charge in [-0.25, -0.2) is 9.37 Å². The van der Waals surface area contributed by atoms with Crippen molar-refractivity contribution in [2.24, 2.45) is 0 Å². The molecule has 5 heteroatoms. The summed E-state index contributed by atoms with van der Waals surface area (Å²) in [6.45, 7) is 0.